The van der Waals surface area contributed by atoms with Gasteiger partial charge in [0.1, 0.15) is 11.4 Å². The van der Waals surface area contributed by atoms with Crippen molar-refractivity contribution in [2.45, 2.75) is 40.2 Å². The second-order valence-electron chi connectivity index (χ2n) is 6.65. The van der Waals surface area contributed by atoms with Crippen molar-refractivity contribution in [3.63, 3.8) is 0 Å². The van der Waals surface area contributed by atoms with Crippen molar-refractivity contribution in [1.29, 1.82) is 0 Å². The molecule has 0 spiro atoms. The molecule has 0 atom stereocenters. The molecular weight excluding hydrogens is 340 g/mol. The van der Waals surface area contributed by atoms with Crippen LogP contribution in [-0.4, -0.2) is 34.3 Å². The summed E-state index contributed by atoms with van der Waals surface area (Å²) in [6, 6.07) is 9.89. The molecule has 1 amide bonds. The Hall–Kier alpha value is -2.89. The molecule has 0 bridgehead atoms. The van der Waals surface area contributed by atoms with Gasteiger partial charge in [-0.15, -0.1) is 0 Å². The Bertz CT molecular complexity index is 962. The second kappa shape index (κ2) is 8.20. The van der Waals surface area contributed by atoms with Crippen LogP contribution in [-0.2, 0) is 11.3 Å². The molecule has 2 heterocycles. The lowest BCUT2D eigenvalue weighted by Crippen LogP contribution is -2.25. The van der Waals surface area contributed by atoms with E-state index in [1.54, 1.807) is 7.11 Å². The SMILES string of the molecule is CCCNC(=O)CCn1nc(-c2ccccc2OC)c2c(C)cc(C)nc21. The Morgan fingerprint density at radius 3 is 2.78 bits per heavy atom. The lowest BCUT2D eigenvalue weighted by atomic mass is 10.0. The smallest absolute Gasteiger partial charge is 0.221 e. The Kier molecular flexibility index (Phi) is 5.74. The summed E-state index contributed by atoms with van der Waals surface area (Å²) in [5.74, 6) is 0.799. The number of methoxy groups -OCH3 is 1. The van der Waals surface area contributed by atoms with E-state index in [0.717, 1.165) is 45.7 Å². The van der Waals surface area contributed by atoms with Gasteiger partial charge in [-0.05, 0) is 44.0 Å². The monoisotopic (exact) mass is 366 g/mol. The molecule has 0 aliphatic heterocycles. The van der Waals surface area contributed by atoms with Gasteiger partial charge in [0.15, 0.2) is 5.65 Å². The lowest BCUT2D eigenvalue weighted by molar-refractivity contribution is -0.121. The summed E-state index contributed by atoms with van der Waals surface area (Å²) in [7, 11) is 1.66. The van der Waals surface area contributed by atoms with E-state index >= 15 is 0 Å². The second-order valence-corrected chi connectivity index (χ2v) is 6.65. The van der Waals surface area contributed by atoms with Crippen LogP contribution in [0.3, 0.4) is 0 Å². The number of aromatic nitrogens is 3. The molecule has 0 unspecified atom stereocenters. The third kappa shape index (κ3) is 3.94. The maximum atomic E-state index is 12.0. The van der Waals surface area contributed by atoms with Crippen LogP contribution < -0.4 is 10.1 Å². The van der Waals surface area contributed by atoms with Crippen LogP contribution >= 0.6 is 0 Å². The Morgan fingerprint density at radius 2 is 2.04 bits per heavy atom. The van der Waals surface area contributed by atoms with Crippen molar-refractivity contribution >= 4 is 16.9 Å². The topological polar surface area (TPSA) is 69.0 Å². The van der Waals surface area contributed by atoms with Gasteiger partial charge in [-0.3, -0.25) is 4.79 Å². The average molecular weight is 366 g/mol. The number of carbonyl (C=O) groups excluding carboxylic acids is 1. The first-order valence-corrected chi connectivity index (χ1v) is 9.30. The van der Waals surface area contributed by atoms with E-state index < -0.39 is 0 Å². The summed E-state index contributed by atoms with van der Waals surface area (Å²) in [5, 5.41) is 8.73. The number of rotatable bonds is 7. The first-order valence-electron chi connectivity index (χ1n) is 9.30. The molecule has 0 saturated heterocycles. The highest BCUT2D eigenvalue weighted by Crippen LogP contribution is 2.35. The standard InChI is InChI=1S/C21H26N4O2/c1-5-11-22-18(26)10-12-25-21-19(14(2)13-15(3)23-21)20(24-25)16-8-6-7-9-17(16)27-4/h6-9,13H,5,10-12H2,1-4H3,(H,22,26). The van der Waals surface area contributed by atoms with E-state index in [0.29, 0.717) is 19.5 Å². The van der Waals surface area contributed by atoms with Gasteiger partial charge in [0.25, 0.3) is 0 Å². The fraction of sp³-hybridized carbons (Fsp3) is 0.381. The number of amides is 1. The van der Waals surface area contributed by atoms with Gasteiger partial charge in [-0.1, -0.05) is 19.1 Å². The fourth-order valence-corrected chi connectivity index (χ4v) is 3.26. The number of hydrogen-bond donors (Lipinski definition) is 1. The van der Waals surface area contributed by atoms with Crippen LogP contribution in [0, 0.1) is 13.8 Å². The first kappa shape index (κ1) is 18.9. The van der Waals surface area contributed by atoms with Gasteiger partial charge in [-0.25, -0.2) is 9.67 Å². The number of hydrogen-bond acceptors (Lipinski definition) is 4. The molecule has 6 nitrogen and oxygen atoms in total. The summed E-state index contributed by atoms with van der Waals surface area (Å²) < 4.78 is 7.37. The van der Waals surface area contributed by atoms with Crippen LogP contribution in [0.2, 0.25) is 0 Å². The quantitative estimate of drug-likeness (QED) is 0.693. The third-order valence-corrected chi connectivity index (χ3v) is 4.51. The van der Waals surface area contributed by atoms with E-state index in [1.165, 1.54) is 0 Å². The lowest BCUT2D eigenvalue weighted by Gasteiger charge is -2.06. The predicted molar refractivity (Wildman–Crippen MR) is 107 cm³/mol. The maximum Gasteiger partial charge on any atom is 0.221 e. The number of nitrogens with one attached hydrogen (secondary N) is 1. The molecule has 6 heteroatoms. The minimum Gasteiger partial charge on any atom is -0.496 e. The van der Waals surface area contributed by atoms with Crippen LogP contribution in [0.5, 0.6) is 5.75 Å². The number of nitrogens with zero attached hydrogens (tertiary/aromatic N) is 3. The molecule has 3 aromatic rings. The van der Waals surface area contributed by atoms with Crippen LogP contribution in [0.4, 0.5) is 0 Å². The molecule has 3 rings (SSSR count). The highest BCUT2D eigenvalue weighted by atomic mass is 16.5. The zero-order valence-electron chi connectivity index (χ0n) is 16.4. The van der Waals surface area contributed by atoms with Crippen molar-refractivity contribution in [2.24, 2.45) is 0 Å². The largest absolute Gasteiger partial charge is 0.496 e. The molecule has 0 saturated carbocycles. The highest BCUT2D eigenvalue weighted by Gasteiger charge is 2.19. The third-order valence-electron chi connectivity index (χ3n) is 4.51. The molecule has 0 aliphatic rings. The molecular formula is C21H26N4O2. The average Bonchev–Trinajstić information content (AvgIpc) is 3.03. The minimum absolute atomic E-state index is 0.0312. The zero-order valence-corrected chi connectivity index (χ0v) is 16.4. The minimum atomic E-state index is 0.0312. The van der Waals surface area contributed by atoms with Gasteiger partial charge in [0.2, 0.25) is 5.91 Å². The fourth-order valence-electron chi connectivity index (χ4n) is 3.26. The summed E-state index contributed by atoms with van der Waals surface area (Å²) >= 11 is 0. The van der Waals surface area contributed by atoms with Gasteiger partial charge >= 0.3 is 0 Å². The Morgan fingerprint density at radius 1 is 1.26 bits per heavy atom. The van der Waals surface area contributed by atoms with Crippen LogP contribution in [0.15, 0.2) is 30.3 Å². The van der Waals surface area contributed by atoms with Crippen molar-refractivity contribution in [3.8, 4) is 17.0 Å². The number of aryl methyl sites for hydroxylation is 3. The normalized spacial score (nSPS) is 11.0. The van der Waals surface area contributed by atoms with Gasteiger partial charge in [-0.2, -0.15) is 5.10 Å². The number of pyridine rings is 1. The molecule has 1 N–H and O–H groups in total. The van der Waals surface area contributed by atoms with Gasteiger partial charge in [0.05, 0.1) is 19.0 Å². The van der Waals surface area contributed by atoms with E-state index in [1.807, 2.05) is 42.8 Å². The van der Waals surface area contributed by atoms with E-state index in [9.17, 15) is 4.79 Å². The molecule has 0 fully saturated rings. The van der Waals surface area contributed by atoms with Crippen molar-refractivity contribution in [3.05, 3.63) is 41.6 Å². The maximum absolute atomic E-state index is 12.0. The number of benzene rings is 1. The van der Waals surface area contributed by atoms with Crippen molar-refractivity contribution in [1.82, 2.24) is 20.1 Å². The number of para-hydroxylation sites is 1. The van der Waals surface area contributed by atoms with Crippen molar-refractivity contribution < 1.29 is 9.53 Å². The van der Waals surface area contributed by atoms with E-state index in [-0.39, 0.29) is 5.91 Å². The molecule has 0 aliphatic carbocycles. The van der Waals surface area contributed by atoms with Crippen molar-refractivity contribution in [2.75, 3.05) is 13.7 Å². The Labute approximate surface area is 159 Å². The van der Waals surface area contributed by atoms with Crippen LogP contribution in [0.1, 0.15) is 31.0 Å². The van der Waals surface area contributed by atoms with E-state index in [4.69, 9.17) is 14.8 Å². The summed E-state index contributed by atoms with van der Waals surface area (Å²) in [6.45, 7) is 7.26. The molecule has 142 valence electrons. The summed E-state index contributed by atoms with van der Waals surface area (Å²) in [4.78, 5) is 16.7. The Balaban J connectivity index is 2.06. The first-order chi connectivity index (χ1) is 13.0. The molecule has 1 aromatic carbocycles. The summed E-state index contributed by atoms with van der Waals surface area (Å²) in [6.07, 6.45) is 1.30. The molecule has 2 aromatic heterocycles. The molecule has 27 heavy (non-hydrogen) atoms. The highest BCUT2D eigenvalue weighted by molar-refractivity contribution is 5.95. The summed E-state index contributed by atoms with van der Waals surface area (Å²) in [5.41, 5.74) is 4.61. The van der Waals surface area contributed by atoms with Gasteiger partial charge < -0.3 is 10.1 Å². The van der Waals surface area contributed by atoms with E-state index in [2.05, 4.69) is 18.3 Å². The number of ether oxygens (including phenoxy) is 1. The number of carbonyl (C=O) groups is 1. The number of fused-ring (bicyclic) bond motifs is 1. The zero-order chi connectivity index (χ0) is 19.4. The molecule has 0 radical (unpaired) electrons. The van der Waals surface area contributed by atoms with Crippen LogP contribution in [0.25, 0.3) is 22.3 Å². The predicted octanol–water partition coefficient (Wildman–Crippen LogP) is 3.64. The van der Waals surface area contributed by atoms with Gasteiger partial charge in [0, 0.05) is 24.2 Å².